The Labute approximate surface area is 97.9 Å². The van der Waals surface area contributed by atoms with Gasteiger partial charge >= 0.3 is 0 Å². The maximum absolute atomic E-state index is 5.19. The lowest BCUT2D eigenvalue weighted by molar-refractivity contribution is 1.13. The molecule has 1 aromatic heterocycles. The molecule has 1 aliphatic rings. The first kappa shape index (κ1) is 9.42. The van der Waals surface area contributed by atoms with Crippen LogP contribution >= 0.6 is 12.2 Å². The molecular weight excluding hydrogens is 218 g/mol. The van der Waals surface area contributed by atoms with Gasteiger partial charge in [-0.15, -0.1) is 0 Å². The fourth-order valence-electron chi connectivity index (χ4n) is 1.86. The van der Waals surface area contributed by atoms with E-state index in [1.807, 2.05) is 36.5 Å². The Kier molecular flexibility index (Phi) is 2.15. The zero-order valence-electron chi connectivity index (χ0n) is 8.47. The fraction of sp³-hybridized carbons (Fsp3) is 0.0833. The summed E-state index contributed by atoms with van der Waals surface area (Å²) in [6.45, 7) is 0.605. The zero-order chi connectivity index (χ0) is 11.0. The van der Waals surface area contributed by atoms with Crippen LogP contribution in [0.3, 0.4) is 0 Å². The van der Waals surface area contributed by atoms with Gasteiger partial charge in [0, 0.05) is 17.2 Å². The van der Waals surface area contributed by atoms with E-state index in [4.69, 9.17) is 12.2 Å². The smallest absolute Gasteiger partial charge is 0.127 e. The van der Waals surface area contributed by atoms with Crippen molar-refractivity contribution in [1.29, 1.82) is 0 Å². The number of aromatic nitrogens is 1. The third-order valence-electron chi connectivity index (χ3n) is 2.55. The molecule has 4 heteroatoms. The largest absolute Gasteiger partial charge is 0.365 e. The molecule has 0 radical (unpaired) electrons. The number of para-hydroxylation sites is 1. The Bertz CT molecular complexity index is 649. The molecule has 3 rings (SSSR count). The van der Waals surface area contributed by atoms with E-state index in [1.54, 1.807) is 0 Å². The first-order valence-electron chi connectivity index (χ1n) is 5.02. The van der Waals surface area contributed by atoms with Crippen LogP contribution in [0.15, 0.2) is 35.3 Å². The minimum Gasteiger partial charge on any atom is -0.365 e. The third-order valence-corrected chi connectivity index (χ3v) is 2.76. The van der Waals surface area contributed by atoms with Crippen molar-refractivity contribution in [2.75, 3.05) is 12.0 Å². The molecule has 0 saturated carbocycles. The number of rotatable bonds is 0. The molecule has 16 heavy (non-hydrogen) atoms. The van der Waals surface area contributed by atoms with Gasteiger partial charge in [-0.2, -0.15) is 0 Å². The van der Waals surface area contributed by atoms with Gasteiger partial charge in [-0.3, -0.25) is 4.99 Å². The van der Waals surface area contributed by atoms with E-state index in [9.17, 15) is 0 Å². The summed E-state index contributed by atoms with van der Waals surface area (Å²) in [4.78, 5) is 8.58. The van der Waals surface area contributed by atoms with Crippen molar-refractivity contribution in [2.24, 2.45) is 4.99 Å². The summed E-state index contributed by atoms with van der Waals surface area (Å²) < 4.78 is 0.590. The van der Waals surface area contributed by atoms with Crippen molar-refractivity contribution in [1.82, 2.24) is 4.98 Å². The second kappa shape index (κ2) is 3.64. The minimum atomic E-state index is 0.590. The zero-order valence-corrected chi connectivity index (χ0v) is 9.29. The van der Waals surface area contributed by atoms with E-state index < -0.39 is 0 Å². The van der Waals surface area contributed by atoms with Gasteiger partial charge in [0.15, 0.2) is 0 Å². The molecule has 1 N–H and O–H groups in total. The Balaban J connectivity index is 2.54. The summed E-state index contributed by atoms with van der Waals surface area (Å²) in [5, 5.41) is 4.35. The highest BCUT2D eigenvalue weighted by atomic mass is 32.1. The summed E-state index contributed by atoms with van der Waals surface area (Å²) in [5.41, 5.74) is 2.98. The van der Waals surface area contributed by atoms with Crippen molar-refractivity contribution >= 4 is 35.0 Å². The summed E-state index contributed by atoms with van der Waals surface area (Å²) in [7, 11) is 0. The topological polar surface area (TPSA) is 37.3 Å². The lowest BCUT2D eigenvalue weighted by Gasteiger charge is -2.11. The van der Waals surface area contributed by atoms with Gasteiger partial charge < -0.3 is 5.32 Å². The average Bonchev–Trinajstić information content (AvgIpc) is 2.44. The molecule has 2 heterocycles. The molecule has 1 aromatic carbocycles. The quantitative estimate of drug-likeness (QED) is 0.703. The number of anilines is 1. The highest BCUT2D eigenvalue weighted by Crippen LogP contribution is 2.25. The SMILES string of the molecule is S=c1cc2c(c3ccccc3n1)NCN=C2. The second-order valence-electron chi connectivity index (χ2n) is 3.59. The Morgan fingerprint density at radius 1 is 1.25 bits per heavy atom. The predicted molar refractivity (Wildman–Crippen MR) is 68.7 cm³/mol. The van der Waals surface area contributed by atoms with Crippen molar-refractivity contribution in [3.8, 4) is 0 Å². The van der Waals surface area contributed by atoms with E-state index in [-0.39, 0.29) is 0 Å². The molecule has 0 atom stereocenters. The number of hydrogen-bond acceptors (Lipinski definition) is 4. The van der Waals surface area contributed by atoms with Gasteiger partial charge in [-0.05, 0) is 12.1 Å². The maximum Gasteiger partial charge on any atom is 0.127 e. The van der Waals surface area contributed by atoms with E-state index in [2.05, 4.69) is 15.3 Å². The number of nitrogens with one attached hydrogen (secondary N) is 1. The maximum atomic E-state index is 5.19. The summed E-state index contributed by atoms with van der Waals surface area (Å²) in [6.07, 6.45) is 1.84. The fourth-order valence-corrected chi connectivity index (χ4v) is 2.09. The Morgan fingerprint density at radius 3 is 3.06 bits per heavy atom. The Morgan fingerprint density at radius 2 is 2.12 bits per heavy atom. The van der Waals surface area contributed by atoms with Gasteiger partial charge in [-0.25, -0.2) is 4.98 Å². The first-order valence-corrected chi connectivity index (χ1v) is 5.43. The van der Waals surface area contributed by atoms with Crippen LogP contribution in [-0.4, -0.2) is 17.9 Å². The third kappa shape index (κ3) is 1.47. The van der Waals surface area contributed by atoms with Crippen LogP contribution in [0.1, 0.15) is 5.56 Å². The number of benzene rings is 1. The molecule has 2 aromatic rings. The summed E-state index contributed by atoms with van der Waals surface area (Å²) in [6, 6.07) is 9.86. The van der Waals surface area contributed by atoms with Gasteiger partial charge in [-0.1, -0.05) is 30.4 Å². The second-order valence-corrected chi connectivity index (χ2v) is 4.01. The molecule has 0 aliphatic carbocycles. The van der Waals surface area contributed by atoms with Crippen molar-refractivity contribution in [3.63, 3.8) is 0 Å². The molecule has 3 nitrogen and oxygen atoms in total. The summed E-state index contributed by atoms with van der Waals surface area (Å²) >= 11 is 5.19. The van der Waals surface area contributed by atoms with E-state index in [0.29, 0.717) is 11.3 Å². The van der Waals surface area contributed by atoms with Gasteiger partial charge in [0.25, 0.3) is 0 Å². The lowest BCUT2D eigenvalue weighted by atomic mass is 10.1. The van der Waals surface area contributed by atoms with Crippen LogP contribution in [0.4, 0.5) is 5.69 Å². The van der Waals surface area contributed by atoms with Crippen LogP contribution in [0.5, 0.6) is 0 Å². The molecule has 78 valence electrons. The van der Waals surface area contributed by atoms with E-state index in [0.717, 1.165) is 22.2 Å². The van der Waals surface area contributed by atoms with Gasteiger partial charge in [0.1, 0.15) is 11.3 Å². The van der Waals surface area contributed by atoms with Crippen molar-refractivity contribution < 1.29 is 0 Å². The summed E-state index contributed by atoms with van der Waals surface area (Å²) in [5.74, 6) is 0. The van der Waals surface area contributed by atoms with E-state index >= 15 is 0 Å². The van der Waals surface area contributed by atoms with Gasteiger partial charge in [0.2, 0.25) is 0 Å². The minimum absolute atomic E-state index is 0.590. The molecule has 0 bridgehead atoms. The number of aliphatic imine (C=N–C) groups is 1. The molecule has 0 saturated heterocycles. The van der Waals surface area contributed by atoms with Crippen molar-refractivity contribution in [3.05, 3.63) is 40.5 Å². The highest BCUT2D eigenvalue weighted by Gasteiger charge is 2.07. The molecule has 0 spiro atoms. The Hall–Kier alpha value is -1.81. The molecule has 1 aliphatic heterocycles. The van der Waals surface area contributed by atoms with Crippen LogP contribution in [-0.2, 0) is 0 Å². The molecule has 0 fully saturated rings. The van der Waals surface area contributed by atoms with E-state index in [1.165, 1.54) is 0 Å². The van der Waals surface area contributed by atoms with Crippen LogP contribution in [0, 0.1) is 4.64 Å². The molecule has 0 amide bonds. The van der Waals surface area contributed by atoms with Crippen LogP contribution in [0.2, 0.25) is 0 Å². The lowest BCUT2D eigenvalue weighted by Crippen LogP contribution is -2.06. The van der Waals surface area contributed by atoms with Gasteiger partial charge in [0.05, 0.1) is 11.2 Å². The number of hydrogen-bond donors (Lipinski definition) is 1. The van der Waals surface area contributed by atoms with Crippen LogP contribution in [0.25, 0.3) is 10.9 Å². The predicted octanol–water partition coefficient (Wildman–Crippen LogP) is 2.77. The average molecular weight is 227 g/mol. The number of fused-ring (bicyclic) bond motifs is 3. The van der Waals surface area contributed by atoms with Crippen LogP contribution < -0.4 is 5.32 Å². The standard InChI is InChI=1S/C12H9N3S/c16-11-5-8-6-13-7-14-12(8)9-3-1-2-4-10(9)15-11/h1-6,14H,7H2. The normalized spacial score (nSPS) is 13.2. The highest BCUT2D eigenvalue weighted by molar-refractivity contribution is 7.71. The first-order chi connectivity index (χ1) is 7.84. The monoisotopic (exact) mass is 227 g/mol. The molecular formula is C12H9N3S. The number of nitrogens with zero attached hydrogens (tertiary/aromatic N) is 2. The van der Waals surface area contributed by atoms with Crippen molar-refractivity contribution in [2.45, 2.75) is 0 Å². The molecule has 0 unspecified atom stereocenters.